The largest absolute Gasteiger partial charge is 0.317 e. The minimum Gasteiger partial charge on any atom is -0.317 e. The molecular formula is C10H22N2O2S. The summed E-state index contributed by atoms with van der Waals surface area (Å²) in [6, 6.07) is 0. The standard InChI is InChI=1S/C10H22N2O2S/c1-3-4-9-12(2)15(13,14)10-5-7-11-8-6-10/h10-11H,3-9H2,1-2H3. The molecule has 0 saturated carbocycles. The smallest absolute Gasteiger partial charge is 0.216 e. The van der Waals surface area contributed by atoms with Crippen LogP contribution >= 0.6 is 0 Å². The summed E-state index contributed by atoms with van der Waals surface area (Å²) < 4.78 is 25.7. The maximum absolute atomic E-state index is 12.1. The number of hydrogen-bond donors (Lipinski definition) is 1. The molecule has 0 radical (unpaired) electrons. The van der Waals surface area contributed by atoms with Crippen molar-refractivity contribution in [1.82, 2.24) is 9.62 Å². The van der Waals surface area contributed by atoms with Crippen molar-refractivity contribution in [2.45, 2.75) is 37.9 Å². The Kier molecular flexibility index (Phi) is 5.02. The van der Waals surface area contributed by atoms with Gasteiger partial charge in [-0.05, 0) is 32.4 Å². The van der Waals surface area contributed by atoms with Crippen LogP contribution in [0, 0.1) is 0 Å². The summed E-state index contributed by atoms with van der Waals surface area (Å²) in [6.07, 6.45) is 3.48. The molecule has 90 valence electrons. The first-order valence-corrected chi connectivity index (χ1v) is 7.25. The molecule has 1 heterocycles. The number of hydrogen-bond acceptors (Lipinski definition) is 3. The summed E-state index contributed by atoms with van der Waals surface area (Å²) in [5.74, 6) is 0. The van der Waals surface area contributed by atoms with Gasteiger partial charge in [-0.25, -0.2) is 12.7 Å². The molecule has 4 nitrogen and oxygen atoms in total. The SMILES string of the molecule is CCCCN(C)S(=O)(=O)C1CCNCC1. The Morgan fingerprint density at radius 1 is 1.33 bits per heavy atom. The zero-order chi connectivity index (χ0) is 11.3. The van der Waals surface area contributed by atoms with Crippen molar-refractivity contribution in [3.8, 4) is 0 Å². The van der Waals surface area contributed by atoms with E-state index in [1.165, 1.54) is 4.31 Å². The summed E-state index contributed by atoms with van der Waals surface area (Å²) in [5.41, 5.74) is 0. The zero-order valence-corrected chi connectivity index (χ0v) is 10.5. The van der Waals surface area contributed by atoms with Gasteiger partial charge in [-0.3, -0.25) is 0 Å². The lowest BCUT2D eigenvalue weighted by Crippen LogP contribution is -2.42. The highest BCUT2D eigenvalue weighted by molar-refractivity contribution is 7.89. The fourth-order valence-corrected chi connectivity index (χ4v) is 3.58. The third-order valence-electron chi connectivity index (χ3n) is 2.97. The van der Waals surface area contributed by atoms with E-state index >= 15 is 0 Å². The summed E-state index contributed by atoms with van der Waals surface area (Å²) in [6.45, 7) is 4.38. The lowest BCUT2D eigenvalue weighted by Gasteiger charge is -2.27. The van der Waals surface area contributed by atoms with Gasteiger partial charge in [-0.15, -0.1) is 0 Å². The summed E-state index contributed by atoms with van der Waals surface area (Å²) in [4.78, 5) is 0. The Balaban J connectivity index is 2.55. The Labute approximate surface area is 93.1 Å². The second-order valence-electron chi connectivity index (χ2n) is 4.17. The molecule has 1 N–H and O–H groups in total. The lowest BCUT2D eigenvalue weighted by molar-refractivity contribution is 0.425. The Morgan fingerprint density at radius 3 is 2.47 bits per heavy atom. The fourth-order valence-electron chi connectivity index (χ4n) is 1.86. The highest BCUT2D eigenvalue weighted by atomic mass is 32.2. The topological polar surface area (TPSA) is 49.4 Å². The van der Waals surface area contributed by atoms with Crippen LogP contribution in [-0.4, -0.2) is 44.7 Å². The number of rotatable bonds is 5. The van der Waals surface area contributed by atoms with Gasteiger partial charge >= 0.3 is 0 Å². The molecule has 0 aromatic rings. The lowest BCUT2D eigenvalue weighted by atomic mass is 10.2. The molecule has 0 bridgehead atoms. The van der Waals surface area contributed by atoms with Gasteiger partial charge in [0, 0.05) is 13.6 Å². The minimum atomic E-state index is -3.04. The normalized spacial score (nSPS) is 19.7. The van der Waals surface area contributed by atoms with Gasteiger partial charge in [0.15, 0.2) is 0 Å². The van der Waals surface area contributed by atoms with Crippen LogP contribution in [0.3, 0.4) is 0 Å². The Hall–Kier alpha value is -0.130. The number of nitrogens with one attached hydrogen (secondary N) is 1. The summed E-state index contributed by atoms with van der Waals surface area (Å²) in [7, 11) is -1.34. The first-order chi connectivity index (χ1) is 7.09. The van der Waals surface area contributed by atoms with Crippen LogP contribution in [0.2, 0.25) is 0 Å². The molecule has 1 fully saturated rings. The molecule has 1 aliphatic heterocycles. The molecule has 0 amide bonds. The van der Waals surface area contributed by atoms with Crippen molar-refractivity contribution in [1.29, 1.82) is 0 Å². The Morgan fingerprint density at radius 2 is 1.93 bits per heavy atom. The van der Waals surface area contributed by atoms with E-state index in [1.54, 1.807) is 7.05 Å². The number of nitrogens with zero attached hydrogens (tertiary/aromatic N) is 1. The highest BCUT2D eigenvalue weighted by Gasteiger charge is 2.30. The third kappa shape index (κ3) is 3.43. The minimum absolute atomic E-state index is 0.166. The second kappa shape index (κ2) is 5.82. The molecule has 0 atom stereocenters. The van der Waals surface area contributed by atoms with E-state index in [0.717, 1.165) is 38.8 Å². The second-order valence-corrected chi connectivity index (χ2v) is 6.49. The van der Waals surface area contributed by atoms with Gasteiger partial charge in [0.1, 0.15) is 0 Å². The molecule has 0 aliphatic carbocycles. The predicted octanol–water partition coefficient (Wildman–Crippen LogP) is 0.800. The number of unbranched alkanes of at least 4 members (excludes halogenated alkanes) is 1. The quantitative estimate of drug-likeness (QED) is 0.765. The van der Waals surface area contributed by atoms with E-state index in [2.05, 4.69) is 12.2 Å². The maximum Gasteiger partial charge on any atom is 0.216 e. The van der Waals surface area contributed by atoms with Crippen molar-refractivity contribution in [3.63, 3.8) is 0 Å². The van der Waals surface area contributed by atoms with E-state index in [-0.39, 0.29) is 5.25 Å². The number of sulfonamides is 1. The van der Waals surface area contributed by atoms with Gasteiger partial charge in [-0.2, -0.15) is 0 Å². The van der Waals surface area contributed by atoms with Gasteiger partial charge in [0.2, 0.25) is 10.0 Å². The molecule has 5 heteroatoms. The van der Waals surface area contributed by atoms with E-state index < -0.39 is 10.0 Å². The average molecular weight is 234 g/mol. The number of piperidine rings is 1. The molecular weight excluding hydrogens is 212 g/mol. The van der Waals surface area contributed by atoms with Gasteiger partial charge < -0.3 is 5.32 Å². The predicted molar refractivity (Wildman–Crippen MR) is 62.3 cm³/mol. The zero-order valence-electron chi connectivity index (χ0n) is 9.70. The molecule has 1 aliphatic rings. The molecule has 15 heavy (non-hydrogen) atoms. The van der Waals surface area contributed by atoms with E-state index in [1.807, 2.05) is 0 Å². The monoisotopic (exact) mass is 234 g/mol. The molecule has 1 rings (SSSR count). The van der Waals surface area contributed by atoms with Crippen LogP contribution in [0.1, 0.15) is 32.6 Å². The van der Waals surface area contributed by atoms with Crippen LogP contribution < -0.4 is 5.32 Å². The van der Waals surface area contributed by atoms with Crippen molar-refractivity contribution >= 4 is 10.0 Å². The van der Waals surface area contributed by atoms with E-state index in [4.69, 9.17) is 0 Å². The van der Waals surface area contributed by atoms with E-state index in [9.17, 15) is 8.42 Å². The highest BCUT2D eigenvalue weighted by Crippen LogP contribution is 2.16. The van der Waals surface area contributed by atoms with Gasteiger partial charge in [0.25, 0.3) is 0 Å². The van der Waals surface area contributed by atoms with Crippen LogP contribution in [0.5, 0.6) is 0 Å². The molecule has 0 unspecified atom stereocenters. The van der Waals surface area contributed by atoms with Crippen molar-refractivity contribution in [3.05, 3.63) is 0 Å². The summed E-state index contributed by atoms with van der Waals surface area (Å²) in [5, 5.41) is 3.02. The van der Waals surface area contributed by atoms with Gasteiger partial charge in [0.05, 0.1) is 5.25 Å². The van der Waals surface area contributed by atoms with Crippen molar-refractivity contribution in [2.24, 2.45) is 0 Å². The van der Waals surface area contributed by atoms with Crippen LogP contribution in [0.4, 0.5) is 0 Å². The molecule has 1 saturated heterocycles. The average Bonchev–Trinajstić information content (AvgIpc) is 2.27. The Bertz CT molecular complexity index is 271. The van der Waals surface area contributed by atoms with E-state index in [0.29, 0.717) is 6.54 Å². The van der Waals surface area contributed by atoms with Crippen molar-refractivity contribution in [2.75, 3.05) is 26.7 Å². The van der Waals surface area contributed by atoms with Crippen LogP contribution in [0.15, 0.2) is 0 Å². The maximum atomic E-state index is 12.1. The summed E-state index contributed by atoms with van der Waals surface area (Å²) >= 11 is 0. The fraction of sp³-hybridized carbons (Fsp3) is 1.00. The van der Waals surface area contributed by atoms with Crippen LogP contribution in [-0.2, 0) is 10.0 Å². The first-order valence-electron chi connectivity index (χ1n) is 5.75. The molecule has 0 spiro atoms. The molecule has 0 aromatic heterocycles. The van der Waals surface area contributed by atoms with Crippen LogP contribution in [0.25, 0.3) is 0 Å². The molecule has 0 aromatic carbocycles. The first kappa shape index (κ1) is 12.9. The van der Waals surface area contributed by atoms with Crippen molar-refractivity contribution < 1.29 is 8.42 Å². The third-order valence-corrected chi connectivity index (χ3v) is 5.33. The van der Waals surface area contributed by atoms with Gasteiger partial charge in [-0.1, -0.05) is 13.3 Å².